The van der Waals surface area contributed by atoms with Crippen molar-refractivity contribution in [3.05, 3.63) is 45.1 Å². The Hall–Kier alpha value is -2.08. The van der Waals surface area contributed by atoms with Crippen LogP contribution in [-0.2, 0) is 10.5 Å². The molecule has 0 radical (unpaired) electrons. The number of nitrogens with one attached hydrogen (secondary N) is 2. The lowest BCUT2D eigenvalue weighted by Crippen LogP contribution is -2.23. The van der Waals surface area contributed by atoms with Crippen molar-refractivity contribution < 1.29 is 18.6 Å². The number of thiazole rings is 1. The zero-order valence-electron chi connectivity index (χ0n) is 14.9. The van der Waals surface area contributed by atoms with E-state index in [1.807, 2.05) is 6.92 Å². The van der Waals surface area contributed by atoms with Crippen LogP contribution in [0.4, 0.5) is 14.6 Å². The first kappa shape index (κ1) is 20.6. The number of benzene rings is 1. The standard InChI is InChI=1S/C17H18F2N4O3S2/c1-9(7-26-6-5-24)20-14-13-15(23-17(25)28-13)22-16(21-14)27-8-10-3-2-4-11(18)12(10)19/h2-4,9,24H,5-8H2,1H3,(H2,20,21,22,23,25). The van der Waals surface area contributed by atoms with E-state index in [4.69, 9.17) is 9.84 Å². The molecule has 0 aliphatic heterocycles. The van der Waals surface area contributed by atoms with Gasteiger partial charge in [0, 0.05) is 17.4 Å². The van der Waals surface area contributed by atoms with E-state index in [0.717, 1.165) is 29.2 Å². The Labute approximate surface area is 167 Å². The van der Waals surface area contributed by atoms with Crippen LogP contribution in [-0.4, -0.2) is 45.9 Å². The normalized spacial score (nSPS) is 12.4. The smallest absolute Gasteiger partial charge is 0.306 e. The molecule has 150 valence electrons. The monoisotopic (exact) mass is 428 g/mol. The fourth-order valence-electron chi connectivity index (χ4n) is 2.39. The SMILES string of the molecule is CC(COCCO)Nc1nc(SCc2cccc(F)c2F)nc2[nH]c(=O)sc12. The number of H-pyrrole nitrogens is 1. The third kappa shape index (κ3) is 5.04. The van der Waals surface area contributed by atoms with Crippen LogP contribution in [0.5, 0.6) is 0 Å². The molecule has 0 aliphatic rings. The van der Waals surface area contributed by atoms with Crippen LogP contribution < -0.4 is 10.2 Å². The first-order chi connectivity index (χ1) is 13.5. The number of aromatic nitrogens is 3. The summed E-state index contributed by atoms with van der Waals surface area (Å²) in [5, 5.41) is 12.3. The summed E-state index contributed by atoms with van der Waals surface area (Å²) in [6, 6.07) is 3.86. The Balaban J connectivity index is 1.81. The number of hydrogen-bond acceptors (Lipinski definition) is 8. The van der Waals surface area contributed by atoms with Gasteiger partial charge in [-0.05, 0) is 13.0 Å². The molecule has 28 heavy (non-hydrogen) atoms. The van der Waals surface area contributed by atoms with E-state index >= 15 is 0 Å². The van der Waals surface area contributed by atoms with Crippen LogP contribution in [0.25, 0.3) is 10.3 Å². The number of anilines is 1. The molecule has 2 aromatic heterocycles. The topological polar surface area (TPSA) is 100 Å². The zero-order valence-corrected chi connectivity index (χ0v) is 16.5. The molecule has 2 heterocycles. The van der Waals surface area contributed by atoms with Crippen molar-refractivity contribution in [1.82, 2.24) is 15.0 Å². The van der Waals surface area contributed by atoms with Crippen LogP contribution in [0.2, 0.25) is 0 Å². The van der Waals surface area contributed by atoms with Gasteiger partial charge in [-0.15, -0.1) is 0 Å². The summed E-state index contributed by atoms with van der Waals surface area (Å²) in [7, 11) is 0. The lowest BCUT2D eigenvalue weighted by Gasteiger charge is -2.15. The second-order valence-electron chi connectivity index (χ2n) is 5.89. The van der Waals surface area contributed by atoms with Gasteiger partial charge in [0.05, 0.1) is 19.8 Å². The van der Waals surface area contributed by atoms with Crippen molar-refractivity contribution in [1.29, 1.82) is 0 Å². The third-order valence-electron chi connectivity index (χ3n) is 3.64. The summed E-state index contributed by atoms with van der Waals surface area (Å²) in [6.45, 7) is 2.36. The number of rotatable bonds is 9. The first-order valence-electron chi connectivity index (χ1n) is 8.39. The second kappa shape index (κ2) is 9.41. The van der Waals surface area contributed by atoms with Gasteiger partial charge in [0.25, 0.3) is 0 Å². The molecule has 3 N–H and O–H groups in total. The molecule has 0 amide bonds. The van der Waals surface area contributed by atoms with E-state index in [1.165, 1.54) is 12.1 Å². The van der Waals surface area contributed by atoms with E-state index in [0.29, 0.717) is 27.9 Å². The van der Waals surface area contributed by atoms with Crippen molar-refractivity contribution in [3.63, 3.8) is 0 Å². The largest absolute Gasteiger partial charge is 0.394 e. The summed E-state index contributed by atoms with van der Waals surface area (Å²) >= 11 is 2.11. The number of thioether (sulfide) groups is 1. The zero-order chi connectivity index (χ0) is 20.1. The van der Waals surface area contributed by atoms with Crippen molar-refractivity contribution in [2.75, 3.05) is 25.1 Å². The first-order valence-corrected chi connectivity index (χ1v) is 10.2. The molecule has 7 nitrogen and oxygen atoms in total. The van der Waals surface area contributed by atoms with Gasteiger partial charge in [-0.1, -0.05) is 35.2 Å². The third-order valence-corrected chi connectivity index (χ3v) is 5.41. The fourth-order valence-corrected chi connectivity index (χ4v) is 3.94. The molecule has 0 spiro atoms. The van der Waals surface area contributed by atoms with Gasteiger partial charge in [0.1, 0.15) is 4.70 Å². The van der Waals surface area contributed by atoms with Crippen molar-refractivity contribution in [3.8, 4) is 0 Å². The van der Waals surface area contributed by atoms with Gasteiger partial charge < -0.3 is 15.2 Å². The predicted molar refractivity (Wildman–Crippen MR) is 105 cm³/mol. The molecule has 0 saturated carbocycles. The second-order valence-corrected chi connectivity index (χ2v) is 7.82. The molecule has 1 atom stereocenters. The Morgan fingerprint density at radius 2 is 2.21 bits per heavy atom. The predicted octanol–water partition coefficient (Wildman–Crippen LogP) is 2.76. The van der Waals surface area contributed by atoms with Crippen LogP contribution in [0, 0.1) is 11.6 Å². The number of aliphatic hydroxyl groups excluding tert-OH is 1. The number of fused-ring (bicyclic) bond motifs is 1. The van der Waals surface area contributed by atoms with E-state index < -0.39 is 11.6 Å². The van der Waals surface area contributed by atoms with E-state index in [2.05, 4.69) is 20.3 Å². The van der Waals surface area contributed by atoms with Crippen LogP contribution >= 0.6 is 23.1 Å². The molecule has 3 aromatic rings. The molecular weight excluding hydrogens is 410 g/mol. The van der Waals surface area contributed by atoms with E-state index in [9.17, 15) is 13.6 Å². The van der Waals surface area contributed by atoms with Gasteiger partial charge in [0.2, 0.25) is 0 Å². The minimum atomic E-state index is -0.907. The summed E-state index contributed by atoms with van der Waals surface area (Å²) in [5.41, 5.74) is 0.575. The van der Waals surface area contributed by atoms with Crippen molar-refractivity contribution in [2.45, 2.75) is 23.9 Å². The molecular formula is C17H18F2N4O3S2. The van der Waals surface area contributed by atoms with Gasteiger partial charge in [0.15, 0.2) is 28.3 Å². The maximum Gasteiger partial charge on any atom is 0.306 e. The number of nitrogens with zero attached hydrogens (tertiary/aromatic N) is 2. The lowest BCUT2D eigenvalue weighted by atomic mass is 10.2. The quantitative estimate of drug-likeness (QED) is 0.274. The van der Waals surface area contributed by atoms with Crippen LogP contribution in [0.3, 0.4) is 0 Å². The molecule has 11 heteroatoms. The summed E-state index contributed by atoms with van der Waals surface area (Å²) in [4.78, 5) is 22.8. The Kier molecular flexibility index (Phi) is 6.94. The summed E-state index contributed by atoms with van der Waals surface area (Å²) in [5.74, 6) is -1.21. The summed E-state index contributed by atoms with van der Waals surface area (Å²) < 4.78 is 33.1. The van der Waals surface area contributed by atoms with Crippen LogP contribution in [0.1, 0.15) is 12.5 Å². The van der Waals surface area contributed by atoms with Crippen molar-refractivity contribution >= 4 is 39.3 Å². The molecule has 3 rings (SSSR count). The average Bonchev–Trinajstić information content (AvgIpc) is 3.04. The number of hydrogen-bond donors (Lipinski definition) is 3. The minimum absolute atomic E-state index is 0.0681. The number of ether oxygens (including phenoxy) is 1. The molecule has 0 fully saturated rings. The van der Waals surface area contributed by atoms with Gasteiger partial charge in [-0.25, -0.2) is 18.7 Å². The van der Waals surface area contributed by atoms with Gasteiger partial charge in [-0.2, -0.15) is 0 Å². The number of aromatic amines is 1. The maximum absolute atomic E-state index is 13.8. The highest BCUT2D eigenvalue weighted by molar-refractivity contribution is 7.98. The Morgan fingerprint density at radius 3 is 3.00 bits per heavy atom. The average molecular weight is 428 g/mol. The van der Waals surface area contributed by atoms with Crippen molar-refractivity contribution in [2.24, 2.45) is 0 Å². The minimum Gasteiger partial charge on any atom is -0.394 e. The highest BCUT2D eigenvalue weighted by Gasteiger charge is 2.15. The maximum atomic E-state index is 13.8. The highest BCUT2D eigenvalue weighted by atomic mass is 32.2. The Bertz CT molecular complexity index is 1010. The van der Waals surface area contributed by atoms with Gasteiger partial charge in [-0.3, -0.25) is 9.78 Å². The van der Waals surface area contributed by atoms with Gasteiger partial charge >= 0.3 is 4.87 Å². The fraction of sp³-hybridized carbons (Fsp3) is 0.353. The molecule has 1 unspecified atom stereocenters. The molecule has 0 aliphatic carbocycles. The summed E-state index contributed by atoms with van der Waals surface area (Å²) in [6.07, 6.45) is 0. The molecule has 1 aromatic carbocycles. The number of halogens is 2. The molecule has 0 saturated heterocycles. The lowest BCUT2D eigenvalue weighted by molar-refractivity contribution is 0.0884. The number of aliphatic hydroxyl groups is 1. The van der Waals surface area contributed by atoms with Crippen LogP contribution in [0.15, 0.2) is 28.2 Å². The highest BCUT2D eigenvalue weighted by Crippen LogP contribution is 2.28. The van der Waals surface area contributed by atoms with E-state index in [-0.39, 0.29) is 35.4 Å². The van der Waals surface area contributed by atoms with E-state index in [1.54, 1.807) is 0 Å². The molecule has 0 bridgehead atoms. The Morgan fingerprint density at radius 1 is 1.39 bits per heavy atom.